The van der Waals surface area contributed by atoms with E-state index in [9.17, 15) is 4.79 Å². The minimum atomic E-state index is -0.499. The monoisotopic (exact) mass is 295 g/mol. The third-order valence-corrected chi connectivity index (χ3v) is 3.40. The van der Waals surface area contributed by atoms with Crippen LogP contribution in [0.2, 0.25) is 0 Å². The normalized spacial score (nSPS) is 20.9. The molecule has 1 aromatic rings. The molecular formula is C15H25N3O3. The van der Waals surface area contributed by atoms with Crippen molar-refractivity contribution in [3.63, 3.8) is 0 Å². The summed E-state index contributed by atoms with van der Waals surface area (Å²) in [6.45, 7) is 9.00. The summed E-state index contributed by atoms with van der Waals surface area (Å²) in [5.74, 6) is 0. The lowest BCUT2D eigenvalue weighted by molar-refractivity contribution is 0.0493. The van der Waals surface area contributed by atoms with Crippen molar-refractivity contribution in [2.75, 3.05) is 13.2 Å². The SMILES string of the molecule is C[C@H](NC(=O)OC(C)(C)C)c1cncn1C1CCCOC1. The number of nitrogens with zero attached hydrogens (tertiary/aromatic N) is 2. The van der Waals surface area contributed by atoms with E-state index in [0.717, 1.165) is 25.1 Å². The van der Waals surface area contributed by atoms with Crippen LogP contribution in [-0.4, -0.2) is 34.5 Å². The molecule has 0 saturated carbocycles. The van der Waals surface area contributed by atoms with Gasteiger partial charge in [-0.15, -0.1) is 0 Å². The molecule has 0 bridgehead atoms. The minimum Gasteiger partial charge on any atom is -0.444 e. The molecule has 1 aliphatic heterocycles. The number of carbonyl (C=O) groups is 1. The molecule has 1 aromatic heterocycles. The van der Waals surface area contributed by atoms with Gasteiger partial charge in [-0.25, -0.2) is 9.78 Å². The van der Waals surface area contributed by atoms with Gasteiger partial charge in [0.1, 0.15) is 5.60 Å². The van der Waals surface area contributed by atoms with E-state index in [0.29, 0.717) is 12.6 Å². The van der Waals surface area contributed by atoms with Crippen LogP contribution in [0.25, 0.3) is 0 Å². The fourth-order valence-corrected chi connectivity index (χ4v) is 2.46. The quantitative estimate of drug-likeness (QED) is 0.931. The maximum Gasteiger partial charge on any atom is 0.408 e. The number of alkyl carbamates (subject to hydrolysis) is 1. The number of hydrogen-bond donors (Lipinski definition) is 1. The molecule has 1 N–H and O–H groups in total. The second kappa shape index (κ2) is 6.47. The average molecular weight is 295 g/mol. The minimum absolute atomic E-state index is 0.163. The van der Waals surface area contributed by atoms with Gasteiger partial charge in [0, 0.05) is 6.61 Å². The smallest absolute Gasteiger partial charge is 0.408 e. The first-order chi connectivity index (χ1) is 9.87. The van der Waals surface area contributed by atoms with Gasteiger partial charge in [-0.3, -0.25) is 0 Å². The summed E-state index contributed by atoms with van der Waals surface area (Å²) >= 11 is 0. The van der Waals surface area contributed by atoms with Crippen LogP contribution < -0.4 is 5.32 Å². The van der Waals surface area contributed by atoms with Crippen molar-refractivity contribution in [3.05, 3.63) is 18.2 Å². The fraction of sp³-hybridized carbons (Fsp3) is 0.733. The zero-order valence-corrected chi connectivity index (χ0v) is 13.3. The van der Waals surface area contributed by atoms with E-state index in [1.807, 2.05) is 34.0 Å². The Balaban J connectivity index is 2.01. The number of ether oxygens (including phenoxy) is 2. The Labute approximate surface area is 125 Å². The van der Waals surface area contributed by atoms with Gasteiger partial charge < -0.3 is 19.4 Å². The summed E-state index contributed by atoms with van der Waals surface area (Å²) in [5, 5.41) is 2.86. The van der Waals surface area contributed by atoms with E-state index in [1.54, 1.807) is 6.20 Å². The number of nitrogens with one attached hydrogen (secondary N) is 1. The van der Waals surface area contributed by atoms with Crippen molar-refractivity contribution >= 4 is 6.09 Å². The standard InChI is InChI=1S/C15H25N3O3/c1-11(17-14(19)21-15(2,3)4)13-8-16-10-18(13)12-6-5-7-20-9-12/h8,10-12H,5-7,9H2,1-4H3,(H,17,19)/t11-,12?/m0/s1. The van der Waals surface area contributed by atoms with Gasteiger partial charge >= 0.3 is 6.09 Å². The number of aromatic nitrogens is 2. The highest BCUT2D eigenvalue weighted by atomic mass is 16.6. The maximum absolute atomic E-state index is 11.9. The van der Waals surface area contributed by atoms with Crippen molar-refractivity contribution in [2.24, 2.45) is 0 Å². The molecule has 0 radical (unpaired) electrons. The van der Waals surface area contributed by atoms with E-state index in [4.69, 9.17) is 9.47 Å². The van der Waals surface area contributed by atoms with Gasteiger partial charge in [0.25, 0.3) is 0 Å². The van der Waals surface area contributed by atoms with Crippen LogP contribution in [0.1, 0.15) is 58.3 Å². The molecule has 2 rings (SSSR count). The summed E-state index contributed by atoms with van der Waals surface area (Å²) < 4.78 is 12.9. The van der Waals surface area contributed by atoms with Crippen LogP contribution in [0.15, 0.2) is 12.5 Å². The van der Waals surface area contributed by atoms with Gasteiger partial charge in [-0.05, 0) is 40.5 Å². The van der Waals surface area contributed by atoms with Gasteiger partial charge in [-0.2, -0.15) is 0 Å². The molecule has 2 heterocycles. The average Bonchev–Trinajstić information content (AvgIpc) is 2.86. The molecule has 1 aliphatic rings. The molecule has 0 aromatic carbocycles. The van der Waals surface area contributed by atoms with E-state index in [-0.39, 0.29) is 6.04 Å². The van der Waals surface area contributed by atoms with Crippen molar-refractivity contribution in [1.29, 1.82) is 0 Å². The molecule has 6 heteroatoms. The number of imidazole rings is 1. The van der Waals surface area contributed by atoms with Crippen molar-refractivity contribution in [1.82, 2.24) is 14.9 Å². The van der Waals surface area contributed by atoms with E-state index in [1.165, 1.54) is 0 Å². The summed E-state index contributed by atoms with van der Waals surface area (Å²) in [6, 6.07) is 0.128. The molecular weight excluding hydrogens is 270 g/mol. The van der Waals surface area contributed by atoms with Crippen LogP contribution in [0.4, 0.5) is 4.79 Å². The summed E-state index contributed by atoms with van der Waals surface area (Å²) in [4.78, 5) is 16.1. The summed E-state index contributed by atoms with van der Waals surface area (Å²) in [6.07, 6.45) is 5.31. The first-order valence-electron chi connectivity index (χ1n) is 7.46. The number of rotatable bonds is 3. The molecule has 1 fully saturated rings. The van der Waals surface area contributed by atoms with Crippen molar-refractivity contribution in [3.8, 4) is 0 Å². The Hall–Kier alpha value is -1.56. The Morgan fingerprint density at radius 1 is 1.57 bits per heavy atom. The predicted molar refractivity (Wildman–Crippen MR) is 79.1 cm³/mol. The molecule has 2 atom stereocenters. The molecule has 1 unspecified atom stereocenters. The van der Waals surface area contributed by atoms with E-state index >= 15 is 0 Å². The van der Waals surface area contributed by atoms with Crippen molar-refractivity contribution < 1.29 is 14.3 Å². The lowest BCUT2D eigenvalue weighted by Gasteiger charge is -2.27. The van der Waals surface area contributed by atoms with Crippen LogP contribution >= 0.6 is 0 Å². The topological polar surface area (TPSA) is 65.4 Å². The molecule has 21 heavy (non-hydrogen) atoms. The van der Waals surface area contributed by atoms with Crippen LogP contribution in [0.3, 0.4) is 0 Å². The van der Waals surface area contributed by atoms with Crippen LogP contribution in [-0.2, 0) is 9.47 Å². The Bertz CT molecular complexity index is 473. The predicted octanol–water partition coefficient (Wildman–Crippen LogP) is 2.82. The molecule has 0 spiro atoms. The second-order valence-corrected chi connectivity index (χ2v) is 6.46. The Morgan fingerprint density at radius 3 is 2.95 bits per heavy atom. The molecule has 118 valence electrons. The Kier molecular flexibility index (Phi) is 4.88. The largest absolute Gasteiger partial charge is 0.444 e. The first kappa shape index (κ1) is 15.8. The van der Waals surface area contributed by atoms with E-state index < -0.39 is 11.7 Å². The maximum atomic E-state index is 11.9. The second-order valence-electron chi connectivity index (χ2n) is 6.46. The fourth-order valence-electron chi connectivity index (χ4n) is 2.46. The molecule has 6 nitrogen and oxygen atoms in total. The lowest BCUT2D eigenvalue weighted by atomic mass is 10.1. The van der Waals surface area contributed by atoms with Crippen LogP contribution in [0.5, 0.6) is 0 Å². The zero-order chi connectivity index (χ0) is 15.5. The van der Waals surface area contributed by atoms with Gasteiger partial charge in [-0.1, -0.05) is 0 Å². The molecule has 1 saturated heterocycles. The highest BCUT2D eigenvalue weighted by molar-refractivity contribution is 5.68. The van der Waals surface area contributed by atoms with Gasteiger partial charge in [0.2, 0.25) is 0 Å². The third kappa shape index (κ3) is 4.46. The highest BCUT2D eigenvalue weighted by Gasteiger charge is 2.23. The van der Waals surface area contributed by atoms with Gasteiger partial charge in [0.05, 0.1) is 36.9 Å². The third-order valence-electron chi connectivity index (χ3n) is 3.40. The first-order valence-corrected chi connectivity index (χ1v) is 7.46. The lowest BCUT2D eigenvalue weighted by Crippen LogP contribution is -2.35. The van der Waals surface area contributed by atoms with E-state index in [2.05, 4.69) is 14.9 Å². The number of amides is 1. The van der Waals surface area contributed by atoms with Crippen molar-refractivity contribution in [2.45, 2.75) is 58.2 Å². The molecule has 0 aliphatic carbocycles. The number of carbonyl (C=O) groups excluding carboxylic acids is 1. The highest BCUT2D eigenvalue weighted by Crippen LogP contribution is 2.24. The van der Waals surface area contributed by atoms with Crippen LogP contribution in [0, 0.1) is 0 Å². The van der Waals surface area contributed by atoms with Gasteiger partial charge in [0.15, 0.2) is 0 Å². The zero-order valence-electron chi connectivity index (χ0n) is 13.3. The molecule has 1 amide bonds. The Morgan fingerprint density at radius 2 is 2.33 bits per heavy atom. The summed E-state index contributed by atoms with van der Waals surface area (Å²) in [5.41, 5.74) is 0.470. The number of hydrogen-bond acceptors (Lipinski definition) is 4. The summed E-state index contributed by atoms with van der Waals surface area (Å²) in [7, 11) is 0.